The Bertz CT molecular complexity index is 549. The van der Waals surface area contributed by atoms with Crippen molar-refractivity contribution in [1.82, 2.24) is 14.8 Å². The van der Waals surface area contributed by atoms with Gasteiger partial charge >= 0.3 is 0 Å². The van der Waals surface area contributed by atoms with E-state index in [9.17, 15) is 5.11 Å². The predicted octanol–water partition coefficient (Wildman–Crippen LogP) is 3.03. The highest BCUT2D eigenvalue weighted by Gasteiger charge is 2.35. The molecule has 2 aromatic rings. The molecule has 0 spiro atoms. The van der Waals surface area contributed by atoms with Crippen molar-refractivity contribution in [2.75, 3.05) is 0 Å². The van der Waals surface area contributed by atoms with Crippen molar-refractivity contribution in [3.8, 4) is 0 Å². The highest BCUT2D eigenvalue weighted by Crippen LogP contribution is 2.33. The van der Waals surface area contributed by atoms with E-state index in [0.29, 0.717) is 6.42 Å². The van der Waals surface area contributed by atoms with Gasteiger partial charge in [-0.25, -0.2) is 9.67 Å². The molecule has 0 bridgehead atoms. The molecule has 0 saturated carbocycles. The third-order valence-corrected chi connectivity index (χ3v) is 3.85. The molecule has 0 aliphatic heterocycles. The van der Waals surface area contributed by atoms with Gasteiger partial charge in [0.15, 0.2) is 0 Å². The summed E-state index contributed by atoms with van der Waals surface area (Å²) in [4.78, 5) is 3.98. The summed E-state index contributed by atoms with van der Waals surface area (Å²) in [5.74, 6) is 0. The summed E-state index contributed by atoms with van der Waals surface area (Å²) in [6.45, 7) is 7.95. The van der Waals surface area contributed by atoms with Gasteiger partial charge in [-0.3, -0.25) is 0 Å². The van der Waals surface area contributed by atoms with Crippen LogP contribution in [0, 0.1) is 5.41 Å². The molecule has 2 rings (SSSR count). The molecular weight excluding hydrogens is 262 g/mol. The van der Waals surface area contributed by atoms with Crippen LogP contribution in [-0.2, 0) is 6.42 Å². The lowest BCUT2D eigenvalue weighted by Crippen LogP contribution is -2.39. The highest BCUT2D eigenvalue weighted by molar-refractivity contribution is 5.16. The number of aromatic nitrogens is 3. The van der Waals surface area contributed by atoms with Gasteiger partial charge in [-0.1, -0.05) is 50.3 Å². The molecule has 0 aliphatic carbocycles. The second kappa shape index (κ2) is 6.68. The van der Waals surface area contributed by atoms with Gasteiger partial charge in [0.25, 0.3) is 0 Å². The number of rotatable bonds is 7. The van der Waals surface area contributed by atoms with Crippen molar-refractivity contribution in [3.63, 3.8) is 0 Å². The lowest BCUT2D eigenvalue weighted by molar-refractivity contribution is 0.00306. The summed E-state index contributed by atoms with van der Waals surface area (Å²) in [6, 6.07) is 10.1. The topological polar surface area (TPSA) is 50.9 Å². The molecule has 0 aliphatic rings. The van der Waals surface area contributed by atoms with E-state index < -0.39 is 6.10 Å². The summed E-state index contributed by atoms with van der Waals surface area (Å²) < 4.78 is 1.72. The lowest BCUT2D eigenvalue weighted by Gasteiger charge is -2.35. The molecule has 1 aromatic carbocycles. The van der Waals surface area contributed by atoms with Crippen LogP contribution in [0.15, 0.2) is 55.6 Å². The Morgan fingerprint density at radius 1 is 1.33 bits per heavy atom. The number of aliphatic hydroxyl groups excluding tert-OH is 1. The van der Waals surface area contributed by atoms with Gasteiger partial charge in [0.1, 0.15) is 12.7 Å². The molecule has 1 aromatic heterocycles. The minimum atomic E-state index is -0.544. The van der Waals surface area contributed by atoms with Gasteiger partial charge in [0.05, 0.1) is 12.1 Å². The highest BCUT2D eigenvalue weighted by atomic mass is 16.3. The number of allylic oxidation sites excluding steroid dienone is 1. The zero-order valence-electron chi connectivity index (χ0n) is 12.7. The molecule has 4 heteroatoms. The predicted molar refractivity (Wildman–Crippen MR) is 83.8 cm³/mol. The fourth-order valence-electron chi connectivity index (χ4n) is 2.69. The molecule has 0 amide bonds. The maximum atomic E-state index is 10.9. The second-order valence-corrected chi connectivity index (χ2v) is 6.06. The number of aliphatic hydroxyl groups is 1. The number of hydrogen-bond donors (Lipinski definition) is 1. The molecule has 2 unspecified atom stereocenters. The normalized spacial score (nSPS) is 14.6. The molecule has 0 radical (unpaired) electrons. The van der Waals surface area contributed by atoms with Crippen molar-refractivity contribution in [3.05, 3.63) is 61.2 Å². The van der Waals surface area contributed by atoms with Gasteiger partial charge in [0, 0.05) is 0 Å². The van der Waals surface area contributed by atoms with E-state index in [1.54, 1.807) is 11.0 Å². The van der Waals surface area contributed by atoms with E-state index >= 15 is 0 Å². The molecule has 21 heavy (non-hydrogen) atoms. The van der Waals surface area contributed by atoms with Crippen molar-refractivity contribution < 1.29 is 5.11 Å². The average Bonchev–Trinajstić information content (AvgIpc) is 2.98. The Hall–Kier alpha value is -1.94. The lowest BCUT2D eigenvalue weighted by atomic mass is 9.77. The first kappa shape index (κ1) is 15.4. The van der Waals surface area contributed by atoms with E-state index in [1.807, 2.05) is 24.3 Å². The average molecular weight is 285 g/mol. The molecule has 0 fully saturated rings. The minimum absolute atomic E-state index is 0.149. The third kappa shape index (κ3) is 3.79. The quantitative estimate of drug-likeness (QED) is 0.796. The van der Waals surface area contributed by atoms with Crippen LogP contribution in [0.1, 0.15) is 31.9 Å². The standard InChI is InChI=1S/C17H23N3O/c1-4-8-15(20-13-18-12-19-20)16(21)17(2,3)11-14-9-6-5-7-10-14/h4-7,9-10,12-13,15-16,21H,1,8,11H2,2-3H3. The SMILES string of the molecule is C=CCC(C(O)C(C)(C)Cc1ccccc1)n1cncn1. The van der Waals surface area contributed by atoms with Crippen molar-refractivity contribution >= 4 is 0 Å². The van der Waals surface area contributed by atoms with Crippen LogP contribution in [0.4, 0.5) is 0 Å². The Morgan fingerprint density at radius 3 is 2.62 bits per heavy atom. The van der Waals surface area contributed by atoms with Crippen LogP contribution in [0.5, 0.6) is 0 Å². The van der Waals surface area contributed by atoms with Gasteiger partial charge in [-0.2, -0.15) is 5.10 Å². The summed E-state index contributed by atoms with van der Waals surface area (Å²) >= 11 is 0. The van der Waals surface area contributed by atoms with Crippen molar-refractivity contribution in [1.29, 1.82) is 0 Å². The number of benzene rings is 1. The number of nitrogens with zero attached hydrogens (tertiary/aromatic N) is 3. The van der Waals surface area contributed by atoms with Crippen LogP contribution < -0.4 is 0 Å². The zero-order valence-corrected chi connectivity index (χ0v) is 12.7. The van der Waals surface area contributed by atoms with Crippen LogP contribution >= 0.6 is 0 Å². The second-order valence-electron chi connectivity index (χ2n) is 6.06. The number of hydrogen-bond acceptors (Lipinski definition) is 3. The first-order valence-electron chi connectivity index (χ1n) is 7.21. The fraction of sp³-hybridized carbons (Fsp3) is 0.412. The van der Waals surface area contributed by atoms with Crippen molar-refractivity contribution in [2.45, 2.75) is 38.8 Å². The molecule has 0 saturated heterocycles. The Balaban J connectivity index is 2.18. The molecule has 1 heterocycles. The summed E-state index contributed by atoms with van der Waals surface area (Å²) in [6.07, 6.45) is 5.87. The van der Waals surface area contributed by atoms with Gasteiger partial charge in [-0.05, 0) is 23.8 Å². The molecule has 112 valence electrons. The van der Waals surface area contributed by atoms with Gasteiger partial charge < -0.3 is 5.11 Å². The summed E-state index contributed by atoms with van der Waals surface area (Å²) in [5, 5.41) is 15.0. The Morgan fingerprint density at radius 2 is 2.05 bits per heavy atom. The molecular formula is C17H23N3O. The van der Waals surface area contributed by atoms with Crippen LogP contribution in [0.2, 0.25) is 0 Å². The van der Waals surface area contributed by atoms with E-state index in [-0.39, 0.29) is 11.5 Å². The summed E-state index contributed by atoms with van der Waals surface area (Å²) in [5.41, 5.74) is 0.943. The van der Waals surface area contributed by atoms with E-state index in [0.717, 1.165) is 6.42 Å². The van der Waals surface area contributed by atoms with Gasteiger partial charge in [0.2, 0.25) is 0 Å². The van der Waals surface area contributed by atoms with Crippen LogP contribution in [0.3, 0.4) is 0 Å². The van der Waals surface area contributed by atoms with Crippen LogP contribution in [-0.4, -0.2) is 26.0 Å². The van der Waals surface area contributed by atoms with E-state index in [2.05, 4.69) is 42.6 Å². The van der Waals surface area contributed by atoms with E-state index in [1.165, 1.54) is 11.9 Å². The van der Waals surface area contributed by atoms with E-state index in [4.69, 9.17) is 0 Å². The first-order chi connectivity index (χ1) is 10.0. The Kier molecular flexibility index (Phi) is 4.91. The monoisotopic (exact) mass is 285 g/mol. The van der Waals surface area contributed by atoms with Crippen LogP contribution in [0.25, 0.3) is 0 Å². The Labute approximate surface area is 126 Å². The molecule has 4 nitrogen and oxygen atoms in total. The molecule has 1 N–H and O–H groups in total. The maximum absolute atomic E-state index is 10.9. The smallest absolute Gasteiger partial charge is 0.137 e. The maximum Gasteiger partial charge on any atom is 0.137 e. The summed E-state index contributed by atoms with van der Waals surface area (Å²) in [7, 11) is 0. The third-order valence-electron chi connectivity index (χ3n) is 3.85. The molecule has 2 atom stereocenters. The van der Waals surface area contributed by atoms with Crippen molar-refractivity contribution in [2.24, 2.45) is 5.41 Å². The zero-order chi connectivity index (χ0) is 15.3. The minimum Gasteiger partial charge on any atom is -0.390 e. The first-order valence-corrected chi connectivity index (χ1v) is 7.21. The fourth-order valence-corrected chi connectivity index (χ4v) is 2.69. The van der Waals surface area contributed by atoms with Gasteiger partial charge in [-0.15, -0.1) is 6.58 Å². The largest absolute Gasteiger partial charge is 0.390 e.